The zero-order valence-electron chi connectivity index (χ0n) is 17.9. The standard InChI is InChI=1S/C23H25N5O3/c1-14-12-15(2)28(26-14)23-25-20-7-5-4-6-19(20)22(31)27(23)13-21(30)24-18-10-8-17(9-11-18)16(3)29/h8-12H,4-7,13H2,1-3H3,(H,24,30). The highest BCUT2D eigenvalue weighted by Gasteiger charge is 2.22. The SMILES string of the molecule is CC(=O)c1ccc(NC(=O)Cn2c(-n3nc(C)cc3C)nc3c(c2=O)CCCC3)cc1. The molecule has 3 aromatic rings. The lowest BCUT2D eigenvalue weighted by molar-refractivity contribution is -0.116. The monoisotopic (exact) mass is 419 g/mol. The first-order chi connectivity index (χ1) is 14.8. The minimum Gasteiger partial charge on any atom is -0.325 e. The van der Waals surface area contributed by atoms with Gasteiger partial charge in [0.05, 0.1) is 11.4 Å². The second-order valence-electron chi connectivity index (χ2n) is 7.96. The number of fused-ring (bicyclic) bond motifs is 1. The van der Waals surface area contributed by atoms with Crippen molar-refractivity contribution in [2.45, 2.75) is 53.0 Å². The van der Waals surface area contributed by atoms with Gasteiger partial charge < -0.3 is 5.32 Å². The summed E-state index contributed by atoms with van der Waals surface area (Å²) in [7, 11) is 0. The Morgan fingerprint density at radius 1 is 1.10 bits per heavy atom. The number of aromatic nitrogens is 4. The van der Waals surface area contributed by atoms with Crippen molar-refractivity contribution in [1.82, 2.24) is 19.3 Å². The summed E-state index contributed by atoms with van der Waals surface area (Å²) in [6.45, 7) is 5.08. The van der Waals surface area contributed by atoms with Crippen LogP contribution in [0.3, 0.4) is 0 Å². The smallest absolute Gasteiger partial charge is 0.258 e. The van der Waals surface area contributed by atoms with E-state index in [0.717, 1.165) is 36.3 Å². The molecule has 31 heavy (non-hydrogen) atoms. The van der Waals surface area contributed by atoms with Crippen LogP contribution in [-0.2, 0) is 24.2 Å². The highest BCUT2D eigenvalue weighted by molar-refractivity contribution is 5.95. The molecule has 2 aromatic heterocycles. The van der Waals surface area contributed by atoms with Crippen LogP contribution in [0.15, 0.2) is 35.1 Å². The molecule has 1 aliphatic rings. The fourth-order valence-corrected chi connectivity index (χ4v) is 3.95. The number of rotatable bonds is 5. The van der Waals surface area contributed by atoms with E-state index in [4.69, 9.17) is 4.98 Å². The second kappa shape index (κ2) is 8.29. The molecule has 1 aromatic carbocycles. The molecule has 0 saturated heterocycles. The molecule has 160 valence electrons. The maximum absolute atomic E-state index is 13.3. The number of anilines is 1. The number of amides is 1. The summed E-state index contributed by atoms with van der Waals surface area (Å²) in [5, 5.41) is 7.27. The third-order valence-corrected chi connectivity index (χ3v) is 5.49. The first-order valence-corrected chi connectivity index (χ1v) is 10.4. The second-order valence-corrected chi connectivity index (χ2v) is 7.96. The molecule has 0 unspecified atom stereocenters. The number of benzene rings is 1. The molecule has 8 nitrogen and oxygen atoms in total. The Balaban J connectivity index is 1.69. The fourth-order valence-electron chi connectivity index (χ4n) is 3.95. The molecular weight excluding hydrogens is 394 g/mol. The zero-order valence-corrected chi connectivity index (χ0v) is 17.9. The van der Waals surface area contributed by atoms with Gasteiger partial charge in [-0.3, -0.25) is 19.0 Å². The molecule has 0 spiro atoms. The number of ketones is 1. The third kappa shape index (κ3) is 4.19. The Kier molecular flexibility index (Phi) is 5.54. The Morgan fingerprint density at radius 3 is 2.45 bits per heavy atom. The highest BCUT2D eigenvalue weighted by atomic mass is 16.2. The molecule has 2 heterocycles. The average molecular weight is 419 g/mol. The topological polar surface area (TPSA) is 98.9 Å². The summed E-state index contributed by atoms with van der Waals surface area (Å²) in [5.41, 5.74) is 4.08. The summed E-state index contributed by atoms with van der Waals surface area (Å²) in [4.78, 5) is 42.3. The number of hydrogen-bond acceptors (Lipinski definition) is 5. The van der Waals surface area contributed by atoms with Crippen molar-refractivity contribution < 1.29 is 9.59 Å². The van der Waals surface area contributed by atoms with Crippen LogP contribution >= 0.6 is 0 Å². The van der Waals surface area contributed by atoms with Crippen LogP contribution in [-0.4, -0.2) is 31.0 Å². The van der Waals surface area contributed by atoms with E-state index in [1.165, 1.54) is 11.5 Å². The van der Waals surface area contributed by atoms with Gasteiger partial charge in [-0.25, -0.2) is 9.67 Å². The summed E-state index contributed by atoms with van der Waals surface area (Å²) in [6.07, 6.45) is 3.37. The zero-order chi connectivity index (χ0) is 22.1. The van der Waals surface area contributed by atoms with Gasteiger partial charge in [-0.1, -0.05) is 0 Å². The van der Waals surface area contributed by atoms with Crippen molar-refractivity contribution in [3.8, 4) is 5.95 Å². The lowest BCUT2D eigenvalue weighted by Gasteiger charge is -2.20. The molecule has 4 rings (SSSR count). The van der Waals surface area contributed by atoms with Crippen molar-refractivity contribution in [3.63, 3.8) is 0 Å². The highest BCUT2D eigenvalue weighted by Crippen LogP contribution is 2.19. The van der Waals surface area contributed by atoms with Crippen molar-refractivity contribution in [2.24, 2.45) is 0 Å². The lowest BCUT2D eigenvalue weighted by Crippen LogP contribution is -2.35. The molecule has 0 atom stereocenters. The molecule has 1 amide bonds. The van der Waals surface area contributed by atoms with Crippen LogP contribution in [0.4, 0.5) is 5.69 Å². The molecule has 1 aliphatic carbocycles. The molecule has 0 fully saturated rings. The van der Waals surface area contributed by atoms with Crippen LogP contribution in [0.5, 0.6) is 0 Å². The van der Waals surface area contributed by atoms with Crippen LogP contribution in [0.1, 0.15) is 52.8 Å². The van der Waals surface area contributed by atoms with Crippen molar-refractivity contribution in [1.29, 1.82) is 0 Å². The molecule has 8 heteroatoms. The van der Waals surface area contributed by atoms with Gasteiger partial charge in [0, 0.05) is 22.5 Å². The summed E-state index contributed by atoms with van der Waals surface area (Å²) in [6, 6.07) is 8.57. The molecule has 0 bridgehead atoms. The molecular formula is C23H25N5O3. The normalized spacial score (nSPS) is 13.0. The Hall–Kier alpha value is -3.55. The van der Waals surface area contributed by atoms with E-state index in [1.54, 1.807) is 28.9 Å². The number of aryl methyl sites for hydroxylation is 3. The summed E-state index contributed by atoms with van der Waals surface area (Å²) >= 11 is 0. The minimum absolute atomic E-state index is 0.0425. The quantitative estimate of drug-likeness (QED) is 0.641. The Morgan fingerprint density at radius 2 is 1.81 bits per heavy atom. The van der Waals surface area contributed by atoms with Gasteiger partial charge in [0.25, 0.3) is 5.56 Å². The predicted octanol–water partition coefficient (Wildman–Crippen LogP) is 2.77. The van der Waals surface area contributed by atoms with Crippen molar-refractivity contribution in [2.75, 3.05) is 5.32 Å². The van der Waals surface area contributed by atoms with Crippen molar-refractivity contribution >= 4 is 17.4 Å². The largest absolute Gasteiger partial charge is 0.325 e. The number of hydrogen-bond donors (Lipinski definition) is 1. The number of Topliss-reactive ketones (excluding diaryl/α,β-unsaturated/α-hetero) is 1. The van der Waals surface area contributed by atoms with Crippen molar-refractivity contribution in [3.05, 3.63) is 68.9 Å². The first-order valence-electron chi connectivity index (χ1n) is 10.4. The summed E-state index contributed by atoms with van der Waals surface area (Å²) < 4.78 is 3.03. The Bertz CT molecular complexity index is 1220. The first kappa shape index (κ1) is 20.7. The number of carbonyl (C=O) groups excluding carboxylic acids is 2. The fraction of sp³-hybridized carbons (Fsp3) is 0.348. The van der Waals surface area contributed by atoms with Gasteiger partial charge in [-0.2, -0.15) is 5.10 Å². The molecule has 0 radical (unpaired) electrons. The van der Waals surface area contributed by atoms with Crippen LogP contribution in [0, 0.1) is 13.8 Å². The lowest BCUT2D eigenvalue weighted by atomic mass is 9.97. The molecule has 0 aliphatic heterocycles. The molecule has 1 N–H and O–H groups in total. The van der Waals surface area contributed by atoms with Gasteiger partial charge in [-0.05, 0) is 76.8 Å². The van der Waals surface area contributed by atoms with E-state index >= 15 is 0 Å². The third-order valence-electron chi connectivity index (χ3n) is 5.49. The van der Waals surface area contributed by atoms with E-state index in [-0.39, 0.29) is 23.8 Å². The van der Waals surface area contributed by atoms with E-state index in [9.17, 15) is 14.4 Å². The number of carbonyl (C=O) groups is 2. The van der Waals surface area contributed by atoms with Gasteiger partial charge in [-0.15, -0.1) is 0 Å². The number of nitrogens with zero attached hydrogens (tertiary/aromatic N) is 4. The van der Waals surface area contributed by atoms with Crippen LogP contribution in [0.25, 0.3) is 5.95 Å². The maximum Gasteiger partial charge on any atom is 0.258 e. The van der Waals surface area contributed by atoms with Gasteiger partial charge >= 0.3 is 0 Å². The van der Waals surface area contributed by atoms with E-state index in [2.05, 4.69) is 10.4 Å². The predicted molar refractivity (Wildman–Crippen MR) is 117 cm³/mol. The number of nitrogens with one attached hydrogen (secondary N) is 1. The van der Waals surface area contributed by atoms with Gasteiger partial charge in [0.2, 0.25) is 11.9 Å². The van der Waals surface area contributed by atoms with E-state index in [0.29, 0.717) is 29.2 Å². The van der Waals surface area contributed by atoms with Gasteiger partial charge in [0.15, 0.2) is 5.78 Å². The Labute approximate surface area is 179 Å². The molecule has 0 saturated carbocycles. The summed E-state index contributed by atoms with van der Waals surface area (Å²) in [5.74, 6) is -0.0320. The van der Waals surface area contributed by atoms with Crippen LogP contribution in [0.2, 0.25) is 0 Å². The van der Waals surface area contributed by atoms with Gasteiger partial charge in [0.1, 0.15) is 6.54 Å². The maximum atomic E-state index is 13.3. The van der Waals surface area contributed by atoms with E-state index in [1.807, 2.05) is 19.9 Å². The van der Waals surface area contributed by atoms with Crippen LogP contribution < -0.4 is 10.9 Å². The average Bonchev–Trinajstić information content (AvgIpc) is 3.08. The van der Waals surface area contributed by atoms with E-state index < -0.39 is 0 Å². The minimum atomic E-state index is -0.349.